The number of hydrogen-bond donors (Lipinski definition) is 1. The molecule has 0 radical (unpaired) electrons. The minimum Gasteiger partial charge on any atom is -0.343 e. The van der Waals surface area contributed by atoms with Crippen molar-refractivity contribution < 1.29 is 9.59 Å². The zero-order valence-corrected chi connectivity index (χ0v) is 10.1. The summed E-state index contributed by atoms with van der Waals surface area (Å²) in [7, 11) is 0. The van der Waals surface area contributed by atoms with Crippen LogP contribution in [-0.4, -0.2) is 35.8 Å². The van der Waals surface area contributed by atoms with Gasteiger partial charge in [0.2, 0.25) is 11.8 Å². The number of nitrogens with one attached hydrogen (secondary N) is 1. The summed E-state index contributed by atoms with van der Waals surface area (Å²) in [5.41, 5.74) is 0.229. The van der Waals surface area contributed by atoms with Gasteiger partial charge in [-0.2, -0.15) is 0 Å². The SMILES string of the molecule is CC1NC(=O)CN(CC2(C)CCCC2)C1=O. The molecule has 1 saturated heterocycles. The quantitative estimate of drug-likeness (QED) is 0.758. The van der Waals surface area contributed by atoms with Crippen molar-refractivity contribution in [3.63, 3.8) is 0 Å². The largest absolute Gasteiger partial charge is 0.343 e. The van der Waals surface area contributed by atoms with Gasteiger partial charge >= 0.3 is 0 Å². The first-order valence-corrected chi connectivity index (χ1v) is 6.08. The Morgan fingerprint density at radius 1 is 1.38 bits per heavy atom. The van der Waals surface area contributed by atoms with Crippen LogP contribution in [0.3, 0.4) is 0 Å². The Kier molecular flexibility index (Phi) is 2.91. The van der Waals surface area contributed by atoms with Gasteiger partial charge in [-0.1, -0.05) is 19.8 Å². The summed E-state index contributed by atoms with van der Waals surface area (Å²) in [6.07, 6.45) is 4.85. The van der Waals surface area contributed by atoms with Crippen molar-refractivity contribution in [2.45, 2.75) is 45.6 Å². The van der Waals surface area contributed by atoms with Gasteiger partial charge < -0.3 is 10.2 Å². The van der Waals surface area contributed by atoms with Crippen LogP contribution in [0.2, 0.25) is 0 Å². The number of piperazine rings is 1. The van der Waals surface area contributed by atoms with Crippen LogP contribution in [0.15, 0.2) is 0 Å². The van der Waals surface area contributed by atoms with Gasteiger partial charge in [0, 0.05) is 6.54 Å². The molecule has 1 N–H and O–H groups in total. The molecule has 0 aromatic carbocycles. The summed E-state index contributed by atoms with van der Waals surface area (Å²) in [5.74, 6) is 0.0291. The minimum absolute atomic E-state index is 0.0336. The number of hydrogen-bond acceptors (Lipinski definition) is 2. The maximum Gasteiger partial charge on any atom is 0.245 e. The van der Waals surface area contributed by atoms with Crippen molar-refractivity contribution >= 4 is 11.8 Å². The molecule has 1 heterocycles. The van der Waals surface area contributed by atoms with Gasteiger partial charge in [-0.25, -0.2) is 0 Å². The smallest absolute Gasteiger partial charge is 0.245 e. The van der Waals surface area contributed by atoms with Crippen molar-refractivity contribution in [1.82, 2.24) is 10.2 Å². The van der Waals surface area contributed by atoms with Crippen LogP contribution in [0, 0.1) is 5.41 Å². The summed E-state index contributed by atoms with van der Waals surface area (Å²) >= 11 is 0. The molecule has 2 rings (SSSR count). The Bertz CT molecular complexity index is 308. The topological polar surface area (TPSA) is 49.4 Å². The number of carbonyl (C=O) groups is 2. The third-order valence-corrected chi connectivity index (χ3v) is 3.78. The maximum atomic E-state index is 11.9. The Hall–Kier alpha value is -1.06. The first kappa shape index (κ1) is 11.4. The summed E-state index contributed by atoms with van der Waals surface area (Å²) < 4.78 is 0. The Morgan fingerprint density at radius 2 is 2.00 bits per heavy atom. The average molecular weight is 224 g/mol. The zero-order chi connectivity index (χ0) is 11.8. The number of rotatable bonds is 2. The molecule has 4 nitrogen and oxygen atoms in total. The molecule has 0 aromatic rings. The molecule has 0 bridgehead atoms. The number of nitrogens with zero attached hydrogens (tertiary/aromatic N) is 1. The Labute approximate surface area is 96.4 Å². The average Bonchev–Trinajstić information content (AvgIpc) is 2.61. The second kappa shape index (κ2) is 4.07. The Morgan fingerprint density at radius 3 is 2.62 bits per heavy atom. The van der Waals surface area contributed by atoms with E-state index in [1.54, 1.807) is 11.8 Å². The zero-order valence-electron chi connectivity index (χ0n) is 10.1. The predicted octanol–water partition coefficient (Wildman–Crippen LogP) is 0.914. The van der Waals surface area contributed by atoms with E-state index in [2.05, 4.69) is 12.2 Å². The first-order chi connectivity index (χ1) is 7.50. The van der Waals surface area contributed by atoms with Crippen molar-refractivity contribution in [2.24, 2.45) is 5.41 Å². The molecule has 2 aliphatic rings. The predicted molar refractivity (Wildman–Crippen MR) is 60.8 cm³/mol. The van der Waals surface area contributed by atoms with Gasteiger partial charge in [0.1, 0.15) is 6.04 Å². The summed E-state index contributed by atoms with van der Waals surface area (Å²) in [6.45, 7) is 4.95. The third-order valence-electron chi connectivity index (χ3n) is 3.78. The molecule has 2 amide bonds. The van der Waals surface area contributed by atoms with E-state index in [0.29, 0.717) is 0 Å². The monoisotopic (exact) mass is 224 g/mol. The summed E-state index contributed by atoms with van der Waals surface area (Å²) in [4.78, 5) is 25.0. The van der Waals surface area contributed by atoms with Crippen LogP contribution in [0.4, 0.5) is 0 Å². The molecule has 1 aliphatic heterocycles. The van der Waals surface area contributed by atoms with E-state index in [0.717, 1.165) is 6.54 Å². The lowest BCUT2D eigenvalue weighted by Gasteiger charge is -2.36. The van der Waals surface area contributed by atoms with Crippen molar-refractivity contribution in [2.75, 3.05) is 13.1 Å². The molecular weight excluding hydrogens is 204 g/mol. The highest BCUT2D eigenvalue weighted by atomic mass is 16.2. The highest BCUT2D eigenvalue weighted by molar-refractivity contribution is 5.94. The minimum atomic E-state index is -0.355. The van der Waals surface area contributed by atoms with Crippen molar-refractivity contribution in [3.8, 4) is 0 Å². The van der Waals surface area contributed by atoms with Crippen LogP contribution in [-0.2, 0) is 9.59 Å². The third kappa shape index (κ3) is 2.20. The number of carbonyl (C=O) groups excluding carboxylic acids is 2. The normalized spacial score (nSPS) is 29.4. The molecular formula is C12H20N2O2. The van der Waals surface area contributed by atoms with Crippen LogP contribution in [0.1, 0.15) is 39.5 Å². The first-order valence-electron chi connectivity index (χ1n) is 6.08. The molecule has 2 fully saturated rings. The highest BCUT2D eigenvalue weighted by Gasteiger charge is 2.36. The maximum absolute atomic E-state index is 11.9. The molecule has 0 spiro atoms. The molecule has 90 valence electrons. The van der Waals surface area contributed by atoms with E-state index in [-0.39, 0.29) is 29.8 Å². The van der Waals surface area contributed by atoms with Crippen LogP contribution in [0.5, 0.6) is 0 Å². The number of amides is 2. The van der Waals surface area contributed by atoms with E-state index in [1.807, 2.05) is 0 Å². The lowest BCUT2D eigenvalue weighted by molar-refractivity contribution is -0.145. The van der Waals surface area contributed by atoms with Crippen LogP contribution < -0.4 is 5.32 Å². The van der Waals surface area contributed by atoms with Crippen molar-refractivity contribution in [1.29, 1.82) is 0 Å². The van der Waals surface area contributed by atoms with E-state index >= 15 is 0 Å². The molecule has 1 atom stereocenters. The molecule has 1 unspecified atom stereocenters. The highest BCUT2D eigenvalue weighted by Crippen LogP contribution is 2.38. The summed E-state index contributed by atoms with van der Waals surface area (Å²) in [5, 5.41) is 2.67. The van der Waals surface area contributed by atoms with Gasteiger partial charge in [0.25, 0.3) is 0 Å². The van der Waals surface area contributed by atoms with Gasteiger partial charge in [-0.3, -0.25) is 9.59 Å². The summed E-state index contributed by atoms with van der Waals surface area (Å²) in [6, 6.07) is -0.355. The lowest BCUT2D eigenvalue weighted by Crippen LogP contribution is -2.58. The van der Waals surface area contributed by atoms with E-state index < -0.39 is 0 Å². The fourth-order valence-corrected chi connectivity index (χ4v) is 2.86. The van der Waals surface area contributed by atoms with Gasteiger partial charge in [-0.05, 0) is 25.2 Å². The van der Waals surface area contributed by atoms with Gasteiger partial charge in [0.15, 0.2) is 0 Å². The van der Waals surface area contributed by atoms with E-state index in [1.165, 1.54) is 25.7 Å². The fraction of sp³-hybridized carbons (Fsp3) is 0.833. The molecule has 0 aromatic heterocycles. The van der Waals surface area contributed by atoms with Gasteiger partial charge in [0.05, 0.1) is 6.54 Å². The standard InChI is InChI=1S/C12H20N2O2/c1-9-11(16)14(7-10(15)13-9)8-12(2)5-3-4-6-12/h9H,3-8H2,1-2H3,(H,13,15). The Balaban J connectivity index is 2.02. The van der Waals surface area contributed by atoms with Crippen molar-refractivity contribution in [3.05, 3.63) is 0 Å². The van der Waals surface area contributed by atoms with E-state index in [4.69, 9.17) is 0 Å². The molecule has 16 heavy (non-hydrogen) atoms. The molecule has 1 saturated carbocycles. The second-order valence-corrected chi connectivity index (χ2v) is 5.50. The lowest BCUT2D eigenvalue weighted by atomic mass is 9.88. The van der Waals surface area contributed by atoms with E-state index in [9.17, 15) is 9.59 Å². The molecule has 1 aliphatic carbocycles. The second-order valence-electron chi connectivity index (χ2n) is 5.50. The fourth-order valence-electron chi connectivity index (χ4n) is 2.86. The van der Waals surface area contributed by atoms with Crippen LogP contribution in [0.25, 0.3) is 0 Å². The van der Waals surface area contributed by atoms with Crippen LogP contribution >= 0.6 is 0 Å². The molecule has 4 heteroatoms. The van der Waals surface area contributed by atoms with Gasteiger partial charge in [-0.15, -0.1) is 0 Å².